The van der Waals surface area contributed by atoms with Crippen molar-refractivity contribution < 1.29 is 32.3 Å². The first-order valence-electron chi connectivity index (χ1n) is 11.2. The third-order valence-corrected chi connectivity index (χ3v) is 6.29. The van der Waals surface area contributed by atoms with Gasteiger partial charge in [-0.2, -0.15) is 8.78 Å². The highest BCUT2D eigenvalue weighted by molar-refractivity contribution is 6.30. The maximum Gasteiger partial charge on any atom is 0.410 e. The van der Waals surface area contributed by atoms with Gasteiger partial charge in [0.2, 0.25) is 0 Å². The summed E-state index contributed by atoms with van der Waals surface area (Å²) in [5.41, 5.74) is 1.21. The van der Waals surface area contributed by atoms with Crippen LogP contribution in [-0.2, 0) is 11.3 Å². The minimum atomic E-state index is -2.88. The van der Waals surface area contributed by atoms with E-state index in [0.717, 1.165) is 11.8 Å². The van der Waals surface area contributed by atoms with E-state index >= 15 is 0 Å². The number of cyclic esters (lactones) is 1. The number of pyridine rings is 1. The summed E-state index contributed by atoms with van der Waals surface area (Å²) in [4.78, 5) is 34.1. The van der Waals surface area contributed by atoms with Crippen LogP contribution in [0.3, 0.4) is 0 Å². The molecule has 188 valence electrons. The van der Waals surface area contributed by atoms with Gasteiger partial charge < -0.3 is 24.1 Å². The fourth-order valence-corrected chi connectivity index (χ4v) is 4.31. The van der Waals surface area contributed by atoms with Gasteiger partial charge >= 0.3 is 12.5 Å². The number of carbonyl (C=O) groups excluding carboxylic acids is 2. The summed E-state index contributed by atoms with van der Waals surface area (Å²) in [6, 6.07) is 8.37. The number of alkyl halides is 2. The largest absolute Gasteiger partial charge is 0.489 e. The third kappa shape index (κ3) is 5.11. The van der Waals surface area contributed by atoms with Crippen LogP contribution in [0.4, 0.5) is 13.6 Å². The Morgan fingerprint density at radius 3 is 2.81 bits per heavy atom. The molecular weight excluding hydrogens is 498 g/mol. The lowest BCUT2D eigenvalue weighted by atomic mass is 10.0. The van der Waals surface area contributed by atoms with Gasteiger partial charge in [0.05, 0.1) is 17.8 Å². The Bertz CT molecular complexity index is 1270. The summed E-state index contributed by atoms with van der Waals surface area (Å²) >= 11 is 5.90. The maximum absolute atomic E-state index is 13.0. The number of benzene rings is 1. The molecule has 0 aliphatic carbocycles. The zero-order chi connectivity index (χ0) is 25.2. The van der Waals surface area contributed by atoms with E-state index in [1.807, 2.05) is 0 Å². The summed E-state index contributed by atoms with van der Waals surface area (Å²) < 4.78 is 42.6. The highest BCUT2D eigenvalue weighted by Crippen LogP contribution is 2.35. The summed E-state index contributed by atoms with van der Waals surface area (Å²) in [7, 11) is 0. The van der Waals surface area contributed by atoms with E-state index in [2.05, 4.69) is 15.3 Å². The SMILES string of the molecule is O=C(NCc1ccc(Cl)cc1)c1cc(O[C@H]2CCN3C(=O)OC[C@@H]3C2)c(-c2cnc(C(F)F)o2)cn1. The highest BCUT2D eigenvalue weighted by Gasteiger charge is 2.39. The average molecular weight is 519 g/mol. The number of nitrogens with one attached hydrogen (secondary N) is 1. The monoisotopic (exact) mass is 518 g/mol. The quantitative estimate of drug-likeness (QED) is 0.486. The van der Waals surface area contributed by atoms with E-state index < -0.39 is 18.2 Å². The van der Waals surface area contributed by atoms with Gasteiger partial charge in [0.15, 0.2) is 5.76 Å². The van der Waals surface area contributed by atoms with Crippen LogP contribution in [0.1, 0.15) is 41.2 Å². The van der Waals surface area contributed by atoms with Crippen molar-refractivity contribution in [1.82, 2.24) is 20.2 Å². The second kappa shape index (κ2) is 10.1. The Kier molecular flexibility index (Phi) is 6.73. The Labute approximate surface area is 209 Å². The molecule has 2 saturated heterocycles. The molecule has 0 unspecified atom stereocenters. The number of oxazole rings is 1. The number of amides is 2. The first-order valence-corrected chi connectivity index (χ1v) is 11.6. The molecule has 1 N–H and O–H groups in total. The predicted octanol–water partition coefficient (Wildman–Crippen LogP) is 4.62. The summed E-state index contributed by atoms with van der Waals surface area (Å²) in [5.74, 6) is -0.896. The van der Waals surface area contributed by atoms with Gasteiger partial charge in [-0.15, -0.1) is 0 Å². The van der Waals surface area contributed by atoms with Crippen molar-refractivity contribution in [3.63, 3.8) is 0 Å². The molecular formula is C24H21ClF2N4O5. The van der Waals surface area contributed by atoms with Crippen LogP contribution >= 0.6 is 11.6 Å². The second-order valence-electron chi connectivity index (χ2n) is 8.43. The van der Waals surface area contributed by atoms with Crippen molar-refractivity contribution in [3.8, 4) is 17.1 Å². The number of halogens is 3. The molecule has 5 rings (SSSR count). The van der Waals surface area contributed by atoms with Crippen molar-refractivity contribution in [1.29, 1.82) is 0 Å². The molecule has 2 fully saturated rings. The molecule has 3 aromatic rings. The van der Waals surface area contributed by atoms with Gasteiger partial charge in [0, 0.05) is 43.2 Å². The van der Waals surface area contributed by atoms with Crippen molar-refractivity contribution >= 4 is 23.6 Å². The number of piperidine rings is 1. The highest BCUT2D eigenvalue weighted by atomic mass is 35.5. The van der Waals surface area contributed by atoms with E-state index in [-0.39, 0.29) is 54.2 Å². The van der Waals surface area contributed by atoms with Crippen LogP contribution in [-0.4, -0.2) is 52.2 Å². The summed E-state index contributed by atoms with van der Waals surface area (Å²) in [5, 5.41) is 3.37. The molecule has 12 heteroatoms. The molecule has 2 atom stereocenters. The van der Waals surface area contributed by atoms with Crippen LogP contribution in [0, 0.1) is 0 Å². The smallest absolute Gasteiger partial charge is 0.410 e. The zero-order valence-electron chi connectivity index (χ0n) is 18.8. The van der Waals surface area contributed by atoms with E-state index in [9.17, 15) is 18.4 Å². The number of hydrogen-bond acceptors (Lipinski definition) is 7. The maximum atomic E-state index is 13.0. The zero-order valence-corrected chi connectivity index (χ0v) is 19.6. The van der Waals surface area contributed by atoms with Crippen molar-refractivity contribution in [2.75, 3.05) is 13.2 Å². The Hall–Kier alpha value is -3.73. The second-order valence-corrected chi connectivity index (χ2v) is 8.86. The Morgan fingerprint density at radius 2 is 2.06 bits per heavy atom. The summed E-state index contributed by atoms with van der Waals surface area (Å²) in [6.07, 6.45) is 0.0256. The number of aromatic nitrogens is 2. The van der Waals surface area contributed by atoms with Crippen LogP contribution in [0.15, 0.2) is 47.1 Å². The normalized spacial score (nSPS) is 19.2. The summed E-state index contributed by atoms with van der Waals surface area (Å²) in [6.45, 7) is 0.991. The van der Waals surface area contributed by atoms with Gasteiger partial charge in [-0.05, 0) is 17.7 Å². The fraction of sp³-hybridized carbons (Fsp3) is 0.333. The molecule has 2 aromatic heterocycles. The number of rotatable bonds is 7. The first kappa shape index (κ1) is 24.0. The molecule has 0 spiro atoms. The van der Waals surface area contributed by atoms with Gasteiger partial charge in [0.25, 0.3) is 11.8 Å². The number of ether oxygens (including phenoxy) is 2. The van der Waals surface area contributed by atoms with E-state index in [1.165, 1.54) is 12.3 Å². The van der Waals surface area contributed by atoms with Crippen LogP contribution in [0.25, 0.3) is 11.3 Å². The molecule has 36 heavy (non-hydrogen) atoms. The van der Waals surface area contributed by atoms with Crippen LogP contribution < -0.4 is 10.1 Å². The first-order chi connectivity index (χ1) is 17.4. The Morgan fingerprint density at radius 1 is 1.25 bits per heavy atom. The minimum Gasteiger partial charge on any atom is -0.489 e. The van der Waals surface area contributed by atoms with Crippen molar-refractivity contribution in [2.45, 2.75) is 38.0 Å². The van der Waals surface area contributed by atoms with Crippen LogP contribution in [0.5, 0.6) is 5.75 Å². The topological polar surface area (TPSA) is 107 Å². The van der Waals surface area contributed by atoms with Crippen LogP contribution in [0.2, 0.25) is 5.02 Å². The average Bonchev–Trinajstić information content (AvgIpc) is 3.51. The van der Waals surface area contributed by atoms with Gasteiger partial charge in [-0.3, -0.25) is 9.78 Å². The molecule has 4 heterocycles. The molecule has 1 aromatic carbocycles. The molecule has 2 aliphatic heterocycles. The van der Waals surface area contributed by atoms with Gasteiger partial charge in [-0.1, -0.05) is 23.7 Å². The van der Waals surface area contributed by atoms with Gasteiger partial charge in [-0.25, -0.2) is 9.78 Å². The lowest BCUT2D eigenvalue weighted by Gasteiger charge is -2.32. The number of hydrogen-bond donors (Lipinski definition) is 1. The molecule has 0 saturated carbocycles. The third-order valence-electron chi connectivity index (χ3n) is 6.04. The van der Waals surface area contributed by atoms with Gasteiger partial charge in [0.1, 0.15) is 24.2 Å². The van der Waals surface area contributed by atoms with E-state index in [4.69, 9.17) is 25.5 Å². The minimum absolute atomic E-state index is 0.0396. The van der Waals surface area contributed by atoms with E-state index in [1.54, 1.807) is 29.2 Å². The Balaban J connectivity index is 1.37. The number of carbonyl (C=O) groups is 2. The number of fused-ring (bicyclic) bond motifs is 1. The molecule has 0 bridgehead atoms. The molecule has 2 amide bonds. The molecule has 9 nitrogen and oxygen atoms in total. The number of nitrogens with zero attached hydrogens (tertiary/aromatic N) is 3. The lowest BCUT2D eigenvalue weighted by Crippen LogP contribution is -2.44. The standard InChI is InChI=1S/C24H21ClF2N4O5/c25-14-3-1-13(2-4-14)9-29-22(32)18-8-19(17(10-28-18)20-11-30-23(36-20)21(26)27)35-16-5-6-31-15(7-16)12-34-24(31)33/h1-4,8,10-11,15-16,21H,5-7,9,12H2,(H,29,32)/t15-,16-/m0/s1. The predicted molar refractivity (Wildman–Crippen MR) is 123 cm³/mol. The molecule has 2 aliphatic rings. The molecule has 0 radical (unpaired) electrons. The fourth-order valence-electron chi connectivity index (χ4n) is 4.18. The lowest BCUT2D eigenvalue weighted by molar-refractivity contribution is 0.0913. The van der Waals surface area contributed by atoms with E-state index in [0.29, 0.717) is 24.4 Å². The van der Waals surface area contributed by atoms with Crippen molar-refractivity contribution in [2.24, 2.45) is 0 Å². The van der Waals surface area contributed by atoms with Crippen molar-refractivity contribution in [3.05, 3.63) is 64.9 Å².